The number of carboxylic acids is 1. The number of rotatable bonds is 7. The maximum absolute atomic E-state index is 11.2. The van der Waals surface area contributed by atoms with Crippen molar-refractivity contribution < 1.29 is 15.0 Å². The van der Waals surface area contributed by atoms with Gasteiger partial charge >= 0.3 is 5.97 Å². The zero-order valence-corrected chi connectivity index (χ0v) is 10.3. The summed E-state index contributed by atoms with van der Waals surface area (Å²) in [5.74, 6) is -0.801. The average molecular weight is 216 g/mol. The Kier molecular flexibility index (Phi) is 5.29. The maximum atomic E-state index is 11.2. The lowest BCUT2D eigenvalue weighted by Crippen LogP contribution is -2.39. The van der Waals surface area contributed by atoms with E-state index in [1.807, 2.05) is 20.8 Å². The monoisotopic (exact) mass is 216 g/mol. The molecule has 0 radical (unpaired) electrons. The molecule has 0 heterocycles. The van der Waals surface area contributed by atoms with Gasteiger partial charge in [0.25, 0.3) is 0 Å². The fraction of sp³-hybridized carbons (Fsp3) is 0.917. The zero-order chi connectivity index (χ0) is 12.1. The Morgan fingerprint density at radius 2 is 1.67 bits per heavy atom. The van der Waals surface area contributed by atoms with E-state index < -0.39 is 17.0 Å². The molecule has 90 valence electrons. The summed E-state index contributed by atoms with van der Waals surface area (Å²) in [5.41, 5.74) is -1.63. The molecule has 2 N–H and O–H groups in total. The Morgan fingerprint density at radius 3 is 1.93 bits per heavy atom. The zero-order valence-electron chi connectivity index (χ0n) is 10.3. The number of hydrogen-bond acceptors (Lipinski definition) is 2. The van der Waals surface area contributed by atoms with E-state index in [1.165, 1.54) is 0 Å². The summed E-state index contributed by atoms with van der Waals surface area (Å²) >= 11 is 0. The van der Waals surface area contributed by atoms with Gasteiger partial charge in [-0.1, -0.05) is 27.2 Å². The quantitative estimate of drug-likeness (QED) is 0.688. The highest BCUT2D eigenvalue weighted by Gasteiger charge is 2.39. The van der Waals surface area contributed by atoms with Crippen LogP contribution in [0.4, 0.5) is 0 Å². The van der Waals surface area contributed by atoms with Gasteiger partial charge in [0.1, 0.15) is 0 Å². The molecule has 15 heavy (non-hydrogen) atoms. The van der Waals surface area contributed by atoms with Crippen molar-refractivity contribution >= 4 is 5.97 Å². The molecule has 0 saturated carbocycles. The van der Waals surface area contributed by atoms with E-state index in [-0.39, 0.29) is 0 Å². The van der Waals surface area contributed by atoms with Gasteiger partial charge in [-0.2, -0.15) is 0 Å². The molecule has 0 amide bonds. The van der Waals surface area contributed by atoms with Crippen LogP contribution >= 0.6 is 0 Å². The standard InChI is InChI=1S/C12H24O3/c1-5-8-11(4,10(13)14)9-12(15,6-2)7-3/h15H,5-9H2,1-4H3,(H,13,14). The topological polar surface area (TPSA) is 57.5 Å². The second-order valence-corrected chi connectivity index (χ2v) is 4.72. The molecular formula is C12H24O3. The fourth-order valence-electron chi connectivity index (χ4n) is 2.05. The second kappa shape index (κ2) is 5.50. The van der Waals surface area contributed by atoms with E-state index in [4.69, 9.17) is 0 Å². The van der Waals surface area contributed by atoms with Crippen molar-refractivity contribution in [3.8, 4) is 0 Å². The number of aliphatic hydroxyl groups is 1. The highest BCUT2D eigenvalue weighted by Crippen LogP contribution is 2.36. The fourth-order valence-corrected chi connectivity index (χ4v) is 2.05. The molecule has 0 bridgehead atoms. The van der Waals surface area contributed by atoms with Crippen LogP contribution in [0.25, 0.3) is 0 Å². The summed E-state index contributed by atoms with van der Waals surface area (Å²) in [4.78, 5) is 11.2. The largest absolute Gasteiger partial charge is 0.481 e. The number of carbonyl (C=O) groups is 1. The lowest BCUT2D eigenvalue weighted by atomic mass is 9.74. The molecular weight excluding hydrogens is 192 g/mol. The summed E-state index contributed by atoms with van der Waals surface area (Å²) in [6.07, 6.45) is 3.00. The Hall–Kier alpha value is -0.570. The van der Waals surface area contributed by atoms with Crippen molar-refractivity contribution in [3.05, 3.63) is 0 Å². The van der Waals surface area contributed by atoms with Crippen molar-refractivity contribution in [1.82, 2.24) is 0 Å². The van der Waals surface area contributed by atoms with E-state index in [0.29, 0.717) is 25.7 Å². The summed E-state index contributed by atoms with van der Waals surface area (Å²) in [5, 5.41) is 19.4. The molecule has 0 aliphatic heterocycles. The van der Waals surface area contributed by atoms with Gasteiger partial charge in [0.15, 0.2) is 0 Å². The number of aliphatic carboxylic acids is 1. The smallest absolute Gasteiger partial charge is 0.309 e. The Bertz CT molecular complexity index is 209. The van der Waals surface area contributed by atoms with Crippen molar-refractivity contribution in [1.29, 1.82) is 0 Å². The van der Waals surface area contributed by atoms with Crippen LogP contribution in [-0.2, 0) is 4.79 Å². The SMILES string of the molecule is CCCC(C)(CC(O)(CC)CC)C(=O)O. The molecule has 1 unspecified atom stereocenters. The molecule has 0 aliphatic rings. The third-order valence-corrected chi connectivity index (χ3v) is 3.35. The first-order valence-electron chi connectivity index (χ1n) is 5.79. The predicted octanol–water partition coefficient (Wildman–Crippen LogP) is 2.82. The highest BCUT2D eigenvalue weighted by atomic mass is 16.4. The molecule has 0 aromatic rings. The van der Waals surface area contributed by atoms with Crippen LogP contribution in [0.5, 0.6) is 0 Å². The van der Waals surface area contributed by atoms with Crippen LogP contribution in [0.3, 0.4) is 0 Å². The minimum atomic E-state index is -0.831. The van der Waals surface area contributed by atoms with E-state index >= 15 is 0 Å². The van der Waals surface area contributed by atoms with Crippen molar-refractivity contribution in [2.24, 2.45) is 5.41 Å². The normalized spacial score (nSPS) is 16.1. The van der Waals surface area contributed by atoms with E-state index in [2.05, 4.69) is 0 Å². The Morgan fingerprint density at radius 1 is 1.20 bits per heavy atom. The number of carboxylic acid groups (broad SMARTS) is 1. The van der Waals surface area contributed by atoms with Gasteiger partial charge in [-0.25, -0.2) is 0 Å². The van der Waals surface area contributed by atoms with E-state index in [1.54, 1.807) is 6.92 Å². The lowest BCUT2D eigenvalue weighted by Gasteiger charge is -2.34. The van der Waals surface area contributed by atoms with Crippen LogP contribution in [0.1, 0.15) is 59.8 Å². The van der Waals surface area contributed by atoms with Gasteiger partial charge < -0.3 is 10.2 Å². The minimum absolute atomic E-state index is 0.343. The summed E-state index contributed by atoms with van der Waals surface area (Å²) < 4.78 is 0. The molecule has 1 atom stereocenters. The molecule has 3 nitrogen and oxygen atoms in total. The average Bonchev–Trinajstić information content (AvgIpc) is 2.17. The third-order valence-electron chi connectivity index (χ3n) is 3.35. The molecule has 3 heteroatoms. The first-order valence-corrected chi connectivity index (χ1v) is 5.79. The molecule has 0 fully saturated rings. The minimum Gasteiger partial charge on any atom is -0.481 e. The molecule has 0 saturated heterocycles. The Labute approximate surface area is 92.5 Å². The lowest BCUT2D eigenvalue weighted by molar-refractivity contribution is -0.153. The number of hydrogen-bond donors (Lipinski definition) is 2. The third kappa shape index (κ3) is 3.82. The van der Waals surface area contributed by atoms with E-state index in [9.17, 15) is 15.0 Å². The van der Waals surface area contributed by atoms with E-state index in [0.717, 1.165) is 6.42 Å². The summed E-state index contributed by atoms with van der Waals surface area (Å²) in [6, 6.07) is 0. The van der Waals surface area contributed by atoms with Crippen LogP contribution < -0.4 is 0 Å². The second-order valence-electron chi connectivity index (χ2n) is 4.72. The maximum Gasteiger partial charge on any atom is 0.309 e. The van der Waals surface area contributed by atoms with Gasteiger partial charge in [0, 0.05) is 0 Å². The van der Waals surface area contributed by atoms with Crippen LogP contribution in [0.15, 0.2) is 0 Å². The molecule has 0 aromatic carbocycles. The van der Waals surface area contributed by atoms with Crippen molar-refractivity contribution in [2.75, 3.05) is 0 Å². The van der Waals surface area contributed by atoms with Crippen LogP contribution in [0, 0.1) is 5.41 Å². The van der Waals surface area contributed by atoms with Gasteiger partial charge in [-0.15, -0.1) is 0 Å². The van der Waals surface area contributed by atoms with Crippen molar-refractivity contribution in [2.45, 2.75) is 65.4 Å². The van der Waals surface area contributed by atoms with Crippen LogP contribution in [-0.4, -0.2) is 21.8 Å². The van der Waals surface area contributed by atoms with Gasteiger partial charge in [0.05, 0.1) is 11.0 Å². The Balaban J connectivity index is 4.74. The van der Waals surface area contributed by atoms with Gasteiger partial charge in [0.2, 0.25) is 0 Å². The molecule has 0 aromatic heterocycles. The molecule has 0 aliphatic carbocycles. The summed E-state index contributed by atoms with van der Waals surface area (Å²) in [6.45, 7) is 7.50. The predicted molar refractivity (Wildman–Crippen MR) is 60.8 cm³/mol. The first kappa shape index (κ1) is 14.4. The molecule has 0 spiro atoms. The van der Waals surface area contributed by atoms with Crippen molar-refractivity contribution in [3.63, 3.8) is 0 Å². The highest BCUT2D eigenvalue weighted by molar-refractivity contribution is 5.74. The van der Waals surface area contributed by atoms with Gasteiger partial charge in [-0.05, 0) is 32.6 Å². The first-order chi connectivity index (χ1) is 6.83. The van der Waals surface area contributed by atoms with Crippen LogP contribution in [0.2, 0.25) is 0 Å². The molecule has 0 rings (SSSR count). The summed E-state index contributed by atoms with van der Waals surface area (Å²) in [7, 11) is 0. The van der Waals surface area contributed by atoms with Gasteiger partial charge in [-0.3, -0.25) is 4.79 Å².